The van der Waals surface area contributed by atoms with Crippen LogP contribution < -0.4 is 10.1 Å². The Morgan fingerprint density at radius 2 is 1.84 bits per heavy atom. The van der Waals surface area contributed by atoms with E-state index in [9.17, 15) is 14.7 Å². The van der Waals surface area contributed by atoms with E-state index in [-0.39, 0.29) is 6.42 Å². The molecule has 0 saturated heterocycles. The number of carboxylic acid groups (broad SMARTS) is 1. The molecule has 0 unspecified atom stereocenters. The molecule has 0 spiro atoms. The molecule has 8 heteroatoms. The Balaban J connectivity index is 1.28. The molecule has 1 aromatic heterocycles. The van der Waals surface area contributed by atoms with Gasteiger partial charge in [-0.1, -0.05) is 54.1 Å². The molecule has 0 aliphatic heterocycles. The van der Waals surface area contributed by atoms with E-state index >= 15 is 0 Å². The van der Waals surface area contributed by atoms with Crippen LogP contribution >= 0.6 is 11.6 Å². The predicted octanol–water partition coefficient (Wildman–Crippen LogP) is 5.75. The van der Waals surface area contributed by atoms with E-state index in [4.69, 9.17) is 20.8 Å². The van der Waals surface area contributed by atoms with Gasteiger partial charge in [-0.05, 0) is 60.5 Å². The number of halogens is 1. The fraction of sp³-hybridized carbons (Fsp3) is 0.167. The normalized spacial score (nSPS) is 11.8. The summed E-state index contributed by atoms with van der Waals surface area (Å²) >= 11 is 5.94. The van der Waals surface area contributed by atoms with Crippen LogP contribution in [0.15, 0.2) is 89.4 Å². The summed E-state index contributed by atoms with van der Waals surface area (Å²) in [6, 6.07) is 22.8. The quantitative estimate of drug-likeness (QED) is 0.239. The van der Waals surface area contributed by atoms with Gasteiger partial charge in [0.05, 0.1) is 12.3 Å². The number of amides is 1. The number of oxazole rings is 1. The van der Waals surface area contributed by atoms with Gasteiger partial charge in [0.15, 0.2) is 0 Å². The molecule has 0 aliphatic carbocycles. The molecule has 3 aromatic carbocycles. The van der Waals surface area contributed by atoms with Gasteiger partial charge >= 0.3 is 5.97 Å². The summed E-state index contributed by atoms with van der Waals surface area (Å²) in [7, 11) is 0. The minimum Gasteiger partial charge on any atom is -0.493 e. The van der Waals surface area contributed by atoms with Crippen LogP contribution in [0.5, 0.6) is 5.75 Å². The second-order valence-corrected chi connectivity index (χ2v) is 9.06. The fourth-order valence-corrected chi connectivity index (χ4v) is 3.99. The molecular formula is C30H27ClN2O5. The van der Waals surface area contributed by atoms with Crippen LogP contribution in [0.1, 0.15) is 22.6 Å². The molecule has 7 nitrogen and oxygen atoms in total. The largest absolute Gasteiger partial charge is 0.493 e. The molecule has 1 atom stereocenters. The van der Waals surface area contributed by atoms with Crippen molar-refractivity contribution < 1.29 is 23.8 Å². The first-order chi connectivity index (χ1) is 18.4. The van der Waals surface area contributed by atoms with Gasteiger partial charge in [0.25, 0.3) is 0 Å². The van der Waals surface area contributed by atoms with Crippen LogP contribution in [0.4, 0.5) is 0 Å². The lowest BCUT2D eigenvalue weighted by atomic mass is 10.1. The highest BCUT2D eigenvalue weighted by molar-refractivity contribution is 6.30. The zero-order chi connectivity index (χ0) is 26.9. The third kappa shape index (κ3) is 7.57. The highest BCUT2D eigenvalue weighted by Gasteiger charge is 2.19. The molecule has 38 heavy (non-hydrogen) atoms. The van der Waals surface area contributed by atoms with Crippen molar-refractivity contribution in [2.24, 2.45) is 0 Å². The molecule has 1 heterocycles. The third-order valence-electron chi connectivity index (χ3n) is 5.77. The van der Waals surface area contributed by atoms with E-state index in [1.165, 1.54) is 6.08 Å². The number of carboxylic acids is 1. The van der Waals surface area contributed by atoms with Gasteiger partial charge in [-0.25, -0.2) is 9.78 Å². The number of carbonyl (C=O) groups excluding carboxylic acids is 1. The summed E-state index contributed by atoms with van der Waals surface area (Å²) in [5.41, 5.74) is 3.26. The molecule has 4 rings (SSSR count). The Labute approximate surface area is 225 Å². The fourth-order valence-electron chi connectivity index (χ4n) is 3.79. The van der Waals surface area contributed by atoms with Crippen molar-refractivity contribution in [2.75, 3.05) is 6.61 Å². The van der Waals surface area contributed by atoms with Gasteiger partial charge in [0, 0.05) is 29.5 Å². The minimum atomic E-state index is -1.12. The van der Waals surface area contributed by atoms with Crippen LogP contribution in [0.2, 0.25) is 5.02 Å². The summed E-state index contributed by atoms with van der Waals surface area (Å²) in [6.07, 6.45) is 3.58. The summed E-state index contributed by atoms with van der Waals surface area (Å²) in [5.74, 6) is 0.372. The van der Waals surface area contributed by atoms with Crippen LogP contribution in [0, 0.1) is 6.92 Å². The predicted molar refractivity (Wildman–Crippen MR) is 146 cm³/mol. The van der Waals surface area contributed by atoms with Crippen molar-refractivity contribution in [3.8, 4) is 17.2 Å². The minimum absolute atomic E-state index is 0.132. The zero-order valence-corrected chi connectivity index (χ0v) is 21.5. The topological polar surface area (TPSA) is 102 Å². The van der Waals surface area contributed by atoms with Gasteiger partial charge in [-0.3, -0.25) is 4.79 Å². The van der Waals surface area contributed by atoms with Crippen molar-refractivity contribution in [3.05, 3.63) is 113 Å². The molecule has 4 aromatic rings. The summed E-state index contributed by atoms with van der Waals surface area (Å²) in [6.45, 7) is 2.29. The summed E-state index contributed by atoms with van der Waals surface area (Å²) in [5, 5.41) is 12.7. The maximum Gasteiger partial charge on any atom is 0.326 e. The number of nitrogens with zero attached hydrogens (tertiary/aromatic N) is 1. The van der Waals surface area contributed by atoms with Crippen LogP contribution in [0.3, 0.4) is 0 Å². The molecule has 0 radical (unpaired) electrons. The standard InChI is InChI=1S/C30H27ClN2O5/c1-20-26(33-29(38-20)23-7-3-2-4-8-23)16-17-37-25-13-10-22(11-14-25)19-27(30(35)36)32-28(34)15-12-21-6-5-9-24(31)18-21/h2-15,18,27H,16-17,19H2,1H3,(H,32,34)(H,35,36)/b15-12+/t27-/m0/s1. The van der Waals surface area contributed by atoms with Gasteiger partial charge in [0.1, 0.15) is 17.6 Å². The van der Waals surface area contributed by atoms with Crippen LogP contribution in [-0.4, -0.2) is 34.6 Å². The SMILES string of the molecule is Cc1oc(-c2ccccc2)nc1CCOc1ccc(C[C@H](NC(=O)/C=C/c2cccc(Cl)c2)C(=O)O)cc1. The van der Waals surface area contributed by atoms with Crippen LogP contribution in [-0.2, 0) is 22.4 Å². The van der Waals surface area contributed by atoms with Crippen molar-refractivity contribution in [2.45, 2.75) is 25.8 Å². The lowest BCUT2D eigenvalue weighted by Crippen LogP contribution is -2.41. The van der Waals surface area contributed by atoms with Gasteiger partial charge in [0.2, 0.25) is 11.8 Å². The smallest absolute Gasteiger partial charge is 0.326 e. The number of hydrogen-bond donors (Lipinski definition) is 2. The Hall–Kier alpha value is -4.36. The Morgan fingerprint density at radius 1 is 1.08 bits per heavy atom. The zero-order valence-electron chi connectivity index (χ0n) is 20.8. The van der Waals surface area contributed by atoms with Crippen molar-refractivity contribution in [1.82, 2.24) is 10.3 Å². The van der Waals surface area contributed by atoms with E-state index in [0.29, 0.717) is 29.7 Å². The Bertz CT molecular complexity index is 1410. The Morgan fingerprint density at radius 3 is 2.55 bits per heavy atom. The van der Waals surface area contributed by atoms with E-state index in [1.807, 2.05) is 37.3 Å². The molecule has 2 N–H and O–H groups in total. The second kappa shape index (κ2) is 12.7. The van der Waals surface area contributed by atoms with E-state index in [2.05, 4.69) is 10.3 Å². The first-order valence-electron chi connectivity index (χ1n) is 12.1. The van der Waals surface area contributed by atoms with E-state index in [0.717, 1.165) is 28.1 Å². The number of hydrogen-bond acceptors (Lipinski definition) is 5. The maximum absolute atomic E-state index is 12.3. The number of rotatable bonds is 11. The number of carbonyl (C=O) groups is 2. The Kier molecular flexibility index (Phi) is 8.95. The molecule has 0 fully saturated rings. The number of benzene rings is 3. The van der Waals surface area contributed by atoms with Gasteiger partial charge in [-0.2, -0.15) is 0 Å². The molecule has 0 saturated carbocycles. The highest BCUT2D eigenvalue weighted by atomic mass is 35.5. The van der Waals surface area contributed by atoms with Gasteiger partial charge in [-0.15, -0.1) is 0 Å². The average Bonchev–Trinajstić information content (AvgIpc) is 3.29. The number of aryl methyl sites for hydroxylation is 1. The third-order valence-corrected chi connectivity index (χ3v) is 6.01. The summed E-state index contributed by atoms with van der Waals surface area (Å²) in [4.78, 5) is 28.6. The number of ether oxygens (including phenoxy) is 1. The lowest BCUT2D eigenvalue weighted by Gasteiger charge is -2.14. The molecule has 1 amide bonds. The monoisotopic (exact) mass is 530 g/mol. The number of nitrogens with one attached hydrogen (secondary N) is 1. The van der Waals surface area contributed by atoms with Crippen LogP contribution in [0.25, 0.3) is 17.5 Å². The summed E-state index contributed by atoms with van der Waals surface area (Å²) < 4.78 is 11.6. The molecule has 0 aliphatic rings. The molecular weight excluding hydrogens is 504 g/mol. The lowest BCUT2D eigenvalue weighted by molar-refractivity contribution is -0.141. The highest BCUT2D eigenvalue weighted by Crippen LogP contribution is 2.22. The van der Waals surface area contributed by atoms with E-state index < -0.39 is 17.9 Å². The first-order valence-corrected chi connectivity index (χ1v) is 12.5. The molecule has 0 bridgehead atoms. The first kappa shape index (κ1) is 26.7. The van der Waals surface area contributed by atoms with Crippen molar-refractivity contribution >= 4 is 29.6 Å². The van der Waals surface area contributed by atoms with Gasteiger partial charge < -0.3 is 19.6 Å². The maximum atomic E-state index is 12.3. The number of aromatic nitrogens is 1. The molecule has 194 valence electrons. The second-order valence-electron chi connectivity index (χ2n) is 8.62. The number of aliphatic carboxylic acids is 1. The van der Waals surface area contributed by atoms with Crippen molar-refractivity contribution in [3.63, 3.8) is 0 Å². The van der Waals surface area contributed by atoms with E-state index in [1.54, 1.807) is 54.6 Å². The average molecular weight is 531 g/mol. The van der Waals surface area contributed by atoms with Crippen molar-refractivity contribution in [1.29, 1.82) is 0 Å².